The minimum Gasteiger partial charge on any atom is -0.397 e. The average molecular weight is 216 g/mol. The first-order valence-electron chi connectivity index (χ1n) is 5.63. The fourth-order valence-electron chi connectivity index (χ4n) is 2.09. The molecule has 2 rings (SSSR count). The minimum absolute atomic E-state index is 0.148. The molecule has 16 heavy (non-hydrogen) atoms. The molecule has 3 N–H and O–H groups in total. The van der Waals surface area contributed by atoms with Gasteiger partial charge in [-0.15, -0.1) is 0 Å². The third kappa shape index (κ3) is 1.81. The molecule has 1 saturated carbocycles. The van der Waals surface area contributed by atoms with Gasteiger partial charge in [0.25, 0.3) is 0 Å². The Bertz CT molecular complexity index is 424. The van der Waals surface area contributed by atoms with E-state index in [1.165, 1.54) is 6.42 Å². The number of nitrogen functional groups attached to an aromatic ring is 1. The molecule has 1 heterocycles. The lowest BCUT2D eigenvalue weighted by Gasteiger charge is -2.42. The molecule has 0 aromatic carbocycles. The van der Waals surface area contributed by atoms with Crippen LogP contribution in [-0.2, 0) is 0 Å². The number of nitriles is 1. The lowest BCUT2D eigenvalue weighted by Crippen LogP contribution is -2.44. The maximum atomic E-state index is 9.02. The second-order valence-electron chi connectivity index (χ2n) is 4.39. The van der Waals surface area contributed by atoms with E-state index in [0.29, 0.717) is 17.1 Å². The summed E-state index contributed by atoms with van der Waals surface area (Å²) in [7, 11) is 0. The lowest BCUT2D eigenvalue weighted by atomic mass is 9.75. The van der Waals surface area contributed by atoms with E-state index in [9.17, 15) is 0 Å². The Hall–Kier alpha value is -1.76. The standard InChI is InChI=1S/C12H16N4/c1-2-12(4-3-5-12)16-11-9(7-13)6-10(14)8-15-11/h6,8H,2-5,14H2,1H3,(H,15,16). The summed E-state index contributed by atoms with van der Waals surface area (Å²) < 4.78 is 0. The Kier molecular flexibility index (Phi) is 2.69. The maximum Gasteiger partial charge on any atom is 0.144 e. The van der Waals surface area contributed by atoms with Crippen LogP contribution in [0.25, 0.3) is 0 Å². The van der Waals surface area contributed by atoms with Crippen molar-refractivity contribution < 1.29 is 0 Å². The first kappa shape index (κ1) is 10.7. The number of nitrogens with zero attached hydrogens (tertiary/aromatic N) is 2. The molecule has 4 nitrogen and oxygen atoms in total. The number of nitrogens with one attached hydrogen (secondary N) is 1. The van der Waals surface area contributed by atoms with Gasteiger partial charge in [0.1, 0.15) is 11.9 Å². The van der Waals surface area contributed by atoms with Crippen molar-refractivity contribution in [1.29, 1.82) is 5.26 Å². The van der Waals surface area contributed by atoms with Gasteiger partial charge in [0.2, 0.25) is 0 Å². The molecule has 0 radical (unpaired) electrons. The summed E-state index contributed by atoms with van der Waals surface area (Å²) in [5.74, 6) is 0.665. The second kappa shape index (κ2) is 4.01. The van der Waals surface area contributed by atoms with E-state index >= 15 is 0 Å². The van der Waals surface area contributed by atoms with E-state index in [4.69, 9.17) is 11.0 Å². The van der Waals surface area contributed by atoms with Crippen molar-refractivity contribution in [2.45, 2.75) is 38.1 Å². The molecule has 4 heteroatoms. The molecule has 0 amide bonds. The normalized spacial score (nSPS) is 17.2. The molecule has 1 aliphatic carbocycles. The van der Waals surface area contributed by atoms with Gasteiger partial charge in [-0.3, -0.25) is 0 Å². The largest absolute Gasteiger partial charge is 0.397 e. The van der Waals surface area contributed by atoms with Gasteiger partial charge >= 0.3 is 0 Å². The quantitative estimate of drug-likeness (QED) is 0.812. The van der Waals surface area contributed by atoms with Crippen molar-refractivity contribution in [2.24, 2.45) is 0 Å². The van der Waals surface area contributed by atoms with Crippen molar-refractivity contribution in [3.8, 4) is 6.07 Å². The number of anilines is 2. The molecule has 0 saturated heterocycles. The van der Waals surface area contributed by atoms with Crippen molar-refractivity contribution in [3.05, 3.63) is 17.8 Å². The van der Waals surface area contributed by atoms with Crippen LogP contribution in [0.2, 0.25) is 0 Å². The number of rotatable bonds is 3. The van der Waals surface area contributed by atoms with Crippen LogP contribution in [0.4, 0.5) is 11.5 Å². The van der Waals surface area contributed by atoms with E-state index in [1.54, 1.807) is 12.3 Å². The van der Waals surface area contributed by atoms with Crippen LogP contribution in [0, 0.1) is 11.3 Å². The van der Waals surface area contributed by atoms with Crippen LogP contribution in [0.5, 0.6) is 0 Å². The Morgan fingerprint density at radius 2 is 2.38 bits per heavy atom. The summed E-state index contributed by atoms with van der Waals surface area (Å²) in [4.78, 5) is 4.21. The van der Waals surface area contributed by atoms with Gasteiger partial charge in [-0.25, -0.2) is 4.98 Å². The molecule has 0 unspecified atom stereocenters. The lowest BCUT2D eigenvalue weighted by molar-refractivity contribution is 0.269. The van der Waals surface area contributed by atoms with Crippen LogP contribution < -0.4 is 11.1 Å². The topological polar surface area (TPSA) is 74.7 Å². The maximum absolute atomic E-state index is 9.02. The van der Waals surface area contributed by atoms with Crippen LogP contribution in [-0.4, -0.2) is 10.5 Å². The monoisotopic (exact) mass is 216 g/mol. The summed E-state index contributed by atoms with van der Waals surface area (Å²) in [5, 5.41) is 12.4. The molecular formula is C12H16N4. The van der Waals surface area contributed by atoms with Crippen LogP contribution in [0.1, 0.15) is 38.2 Å². The molecule has 84 valence electrons. The molecule has 1 aromatic heterocycles. The Balaban J connectivity index is 2.24. The van der Waals surface area contributed by atoms with Crippen molar-refractivity contribution >= 4 is 11.5 Å². The van der Waals surface area contributed by atoms with Crippen LogP contribution in [0.15, 0.2) is 12.3 Å². The molecule has 1 aliphatic rings. The van der Waals surface area contributed by atoms with E-state index < -0.39 is 0 Å². The summed E-state index contributed by atoms with van der Waals surface area (Å²) >= 11 is 0. The van der Waals surface area contributed by atoms with Crippen molar-refractivity contribution in [3.63, 3.8) is 0 Å². The number of pyridine rings is 1. The summed E-state index contributed by atoms with van der Waals surface area (Å²) in [6, 6.07) is 3.79. The SMILES string of the molecule is CCC1(Nc2ncc(N)cc2C#N)CCC1. The highest BCUT2D eigenvalue weighted by Crippen LogP contribution is 2.38. The van der Waals surface area contributed by atoms with Gasteiger partial charge in [0.05, 0.1) is 17.4 Å². The average Bonchev–Trinajstić information content (AvgIpc) is 2.25. The molecule has 0 bridgehead atoms. The molecule has 1 aromatic rings. The molecular weight excluding hydrogens is 200 g/mol. The predicted molar refractivity (Wildman–Crippen MR) is 63.9 cm³/mol. The molecule has 1 fully saturated rings. The Morgan fingerprint density at radius 1 is 1.62 bits per heavy atom. The van der Waals surface area contributed by atoms with Crippen LogP contribution >= 0.6 is 0 Å². The highest BCUT2D eigenvalue weighted by Gasteiger charge is 2.35. The van der Waals surface area contributed by atoms with E-state index in [1.807, 2.05) is 0 Å². The molecule has 0 aliphatic heterocycles. The predicted octanol–water partition coefficient (Wildman–Crippen LogP) is 2.28. The van der Waals surface area contributed by atoms with E-state index in [-0.39, 0.29) is 5.54 Å². The van der Waals surface area contributed by atoms with Gasteiger partial charge < -0.3 is 11.1 Å². The first-order valence-corrected chi connectivity index (χ1v) is 5.63. The second-order valence-corrected chi connectivity index (χ2v) is 4.39. The Labute approximate surface area is 95.5 Å². The fourth-order valence-corrected chi connectivity index (χ4v) is 2.09. The van der Waals surface area contributed by atoms with Crippen LogP contribution in [0.3, 0.4) is 0 Å². The summed E-state index contributed by atoms with van der Waals surface area (Å²) in [5.41, 5.74) is 6.81. The van der Waals surface area contributed by atoms with E-state index in [0.717, 1.165) is 19.3 Å². The molecule has 0 atom stereocenters. The fraction of sp³-hybridized carbons (Fsp3) is 0.500. The zero-order valence-corrected chi connectivity index (χ0v) is 9.45. The van der Waals surface area contributed by atoms with Gasteiger partial charge in [0.15, 0.2) is 0 Å². The summed E-state index contributed by atoms with van der Waals surface area (Å²) in [6.07, 6.45) is 6.20. The van der Waals surface area contributed by atoms with Gasteiger partial charge in [-0.2, -0.15) is 5.26 Å². The first-order chi connectivity index (χ1) is 7.69. The van der Waals surface area contributed by atoms with Crippen molar-refractivity contribution in [2.75, 3.05) is 11.1 Å². The highest BCUT2D eigenvalue weighted by molar-refractivity contribution is 5.58. The number of aromatic nitrogens is 1. The zero-order chi connectivity index (χ0) is 11.6. The molecule has 0 spiro atoms. The van der Waals surface area contributed by atoms with Gasteiger partial charge in [-0.1, -0.05) is 6.92 Å². The number of hydrogen-bond acceptors (Lipinski definition) is 4. The number of hydrogen-bond donors (Lipinski definition) is 2. The number of nitrogens with two attached hydrogens (primary N) is 1. The Morgan fingerprint density at radius 3 is 2.88 bits per heavy atom. The van der Waals surface area contributed by atoms with Gasteiger partial charge in [-0.05, 0) is 31.7 Å². The smallest absolute Gasteiger partial charge is 0.144 e. The third-order valence-electron chi connectivity index (χ3n) is 3.40. The minimum atomic E-state index is 0.148. The van der Waals surface area contributed by atoms with Crippen molar-refractivity contribution in [1.82, 2.24) is 4.98 Å². The zero-order valence-electron chi connectivity index (χ0n) is 9.45. The van der Waals surface area contributed by atoms with E-state index in [2.05, 4.69) is 23.3 Å². The highest BCUT2D eigenvalue weighted by atomic mass is 15.1. The van der Waals surface area contributed by atoms with Gasteiger partial charge in [0, 0.05) is 5.54 Å². The third-order valence-corrected chi connectivity index (χ3v) is 3.40. The summed E-state index contributed by atoms with van der Waals surface area (Å²) in [6.45, 7) is 2.16.